The minimum Gasteiger partial charge on any atom is -0.456 e. The Labute approximate surface area is 275 Å². The third-order valence-electron chi connectivity index (χ3n) is 6.96. The van der Waals surface area contributed by atoms with Gasteiger partial charge < -0.3 is 39.1 Å². The van der Waals surface area contributed by atoms with Gasteiger partial charge in [0.25, 0.3) is 0 Å². The van der Waals surface area contributed by atoms with E-state index >= 15 is 0 Å². The summed E-state index contributed by atoms with van der Waals surface area (Å²) in [5.41, 5.74) is -1.34. The summed E-state index contributed by atoms with van der Waals surface area (Å²) >= 11 is 1.38. The molecular formula is C34H46N2O9S. The summed E-state index contributed by atoms with van der Waals surface area (Å²) in [6.07, 6.45) is -4.86. The highest BCUT2D eigenvalue weighted by Gasteiger charge is 2.53. The van der Waals surface area contributed by atoms with E-state index in [1.165, 1.54) is 18.7 Å². The molecule has 2 saturated heterocycles. The zero-order valence-electron chi connectivity index (χ0n) is 27.7. The van der Waals surface area contributed by atoms with E-state index < -0.39 is 71.5 Å². The number of hydrogen-bond donors (Lipinski definition) is 2. The maximum Gasteiger partial charge on any atom is 0.408 e. The summed E-state index contributed by atoms with van der Waals surface area (Å²) in [6.45, 7) is 13.9. The first-order chi connectivity index (χ1) is 21.6. The highest BCUT2D eigenvalue weighted by Crippen LogP contribution is 2.40. The van der Waals surface area contributed by atoms with E-state index in [1.54, 1.807) is 27.7 Å². The number of benzene rings is 2. The molecule has 252 valence electrons. The van der Waals surface area contributed by atoms with Crippen LogP contribution in [-0.4, -0.2) is 77.7 Å². The van der Waals surface area contributed by atoms with Gasteiger partial charge in [0.1, 0.15) is 29.3 Å². The van der Waals surface area contributed by atoms with E-state index in [1.807, 2.05) is 81.4 Å². The summed E-state index contributed by atoms with van der Waals surface area (Å²) in [7, 11) is 0. The molecule has 2 aliphatic heterocycles. The maximum atomic E-state index is 14.1. The molecule has 2 heterocycles. The average Bonchev–Trinajstić information content (AvgIpc) is 2.96. The molecule has 4 rings (SSSR count). The van der Waals surface area contributed by atoms with Crippen LogP contribution in [0.4, 0.5) is 4.79 Å². The van der Waals surface area contributed by atoms with Crippen molar-refractivity contribution in [2.24, 2.45) is 0 Å². The van der Waals surface area contributed by atoms with Crippen LogP contribution in [0.2, 0.25) is 0 Å². The van der Waals surface area contributed by atoms with E-state index in [0.717, 1.165) is 10.5 Å². The fourth-order valence-electron chi connectivity index (χ4n) is 5.25. The Kier molecular flexibility index (Phi) is 11.8. The smallest absolute Gasteiger partial charge is 0.408 e. The van der Waals surface area contributed by atoms with Gasteiger partial charge in [0, 0.05) is 17.4 Å². The summed E-state index contributed by atoms with van der Waals surface area (Å²) < 4.78 is 36.8. The Morgan fingerprint density at radius 1 is 0.913 bits per heavy atom. The lowest BCUT2D eigenvalue weighted by Gasteiger charge is -2.49. The molecular weight excluding hydrogens is 612 g/mol. The van der Waals surface area contributed by atoms with Gasteiger partial charge in [-0.3, -0.25) is 4.79 Å². The van der Waals surface area contributed by atoms with Gasteiger partial charge in [-0.15, -0.1) is 0 Å². The molecule has 0 aliphatic carbocycles. The van der Waals surface area contributed by atoms with Crippen LogP contribution >= 0.6 is 11.8 Å². The third kappa shape index (κ3) is 10.2. The van der Waals surface area contributed by atoms with Gasteiger partial charge >= 0.3 is 12.1 Å². The van der Waals surface area contributed by atoms with Crippen LogP contribution in [0.15, 0.2) is 65.6 Å². The predicted octanol–water partition coefficient (Wildman–Crippen LogP) is 5.13. The van der Waals surface area contributed by atoms with Crippen LogP contribution in [0, 0.1) is 0 Å². The van der Waals surface area contributed by atoms with Crippen molar-refractivity contribution in [1.82, 2.24) is 10.6 Å². The normalized spacial score (nSPS) is 26.2. The molecule has 46 heavy (non-hydrogen) atoms. The number of fused-ring (bicyclic) bond motifs is 1. The Morgan fingerprint density at radius 2 is 1.54 bits per heavy atom. The molecule has 2 aromatic rings. The zero-order chi connectivity index (χ0) is 33.6. The Morgan fingerprint density at radius 3 is 2.13 bits per heavy atom. The lowest BCUT2D eigenvalue weighted by molar-refractivity contribution is -0.308. The second-order valence-electron chi connectivity index (χ2n) is 13.3. The number of amides is 2. The molecule has 12 heteroatoms. The van der Waals surface area contributed by atoms with Crippen LogP contribution in [0.1, 0.15) is 67.2 Å². The summed E-state index contributed by atoms with van der Waals surface area (Å²) in [5, 5.41) is 5.60. The standard InChI is InChI=1S/C34H46N2O9S/c1-20(44-33(3,4)5)25(36-32(39)45-34(6,7)8)29(38)42-28-26(35-21(2)37)31(46-23-17-13-10-14-18-23)41-24-19-40-30(43-27(24)28)22-15-11-9-12-16-22/h9-18,20,24-28,30-31H,19H2,1-8H3,(H,35,37)(H,36,39)/t20-,24-,25+,26-,27-,28-,30?,31+/m1/s1. The molecule has 8 atom stereocenters. The number of esters is 1. The van der Waals surface area contributed by atoms with Gasteiger partial charge in [-0.05, 0) is 60.6 Å². The molecule has 0 saturated carbocycles. The first-order valence-electron chi connectivity index (χ1n) is 15.4. The van der Waals surface area contributed by atoms with E-state index in [-0.39, 0.29) is 12.5 Å². The van der Waals surface area contributed by atoms with Gasteiger partial charge in [0.15, 0.2) is 18.4 Å². The number of rotatable bonds is 9. The van der Waals surface area contributed by atoms with Gasteiger partial charge in [0.05, 0.1) is 18.3 Å². The first-order valence-corrected chi connectivity index (χ1v) is 16.3. The number of nitrogens with one attached hydrogen (secondary N) is 2. The van der Waals surface area contributed by atoms with Crippen molar-refractivity contribution in [1.29, 1.82) is 0 Å². The van der Waals surface area contributed by atoms with Crippen LogP contribution in [-0.2, 0) is 38.0 Å². The van der Waals surface area contributed by atoms with Crippen molar-refractivity contribution in [3.63, 3.8) is 0 Å². The van der Waals surface area contributed by atoms with E-state index in [0.29, 0.717) is 0 Å². The molecule has 0 spiro atoms. The van der Waals surface area contributed by atoms with Crippen LogP contribution in [0.5, 0.6) is 0 Å². The van der Waals surface area contributed by atoms with Crippen LogP contribution in [0.25, 0.3) is 0 Å². The molecule has 2 amide bonds. The molecule has 11 nitrogen and oxygen atoms in total. The van der Waals surface area contributed by atoms with Crippen molar-refractivity contribution in [2.75, 3.05) is 6.61 Å². The average molecular weight is 659 g/mol. The maximum absolute atomic E-state index is 14.1. The number of carbonyl (C=O) groups is 3. The fraction of sp³-hybridized carbons (Fsp3) is 0.559. The molecule has 0 aromatic heterocycles. The van der Waals surface area contributed by atoms with Gasteiger partial charge in [0.2, 0.25) is 5.91 Å². The Bertz CT molecular complexity index is 1320. The number of thioether (sulfide) groups is 1. The lowest BCUT2D eigenvalue weighted by Crippen LogP contribution is -2.67. The van der Waals surface area contributed by atoms with E-state index in [4.69, 9.17) is 28.4 Å². The fourth-order valence-corrected chi connectivity index (χ4v) is 6.40. The lowest BCUT2D eigenvalue weighted by atomic mass is 9.96. The molecule has 0 bridgehead atoms. The SMILES string of the molecule is CC(=O)N[C@@H]1[C@@H](OC(=O)[C@@H](NC(=O)OC(C)(C)C)[C@@H](C)OC(C)(C)C)[C@@H]2OC(c3ccccc3)OC[C@H]2O[C@H]1Sc1ccccc1. The highest BCUT2D eigenvalue weighted by atomic mass is 32.2. The topological polar surface area (TPSA) is 131 Å². The predicted molar refractivity (Wildman–Crippen MR) is 172 cm³/mol. The second kappa shape index (κ2) is 15.2. The van der Waals surface area contributed by atoms with Crippen molar-refractivity contribution < 1.29 is 42.8 Å². The summed E-state index contributed by atoms with van der Waals surface area (Å²) in [4.78, 5) is 40.5. The van der Waals surface area contributed by atoms with Crippen LogP contribution < -0.4 is 10.6 Å². The quantitative estimate of drug-likeness (QED) is 0.350. The number of carbonyl (C=O) groups excluding carboxylic acids is 3. The number of alkyl carbamates (subject to hydrolysis) is 1. The molecule has 2 fully saturated rings. The third-order valence-corrected chi connectivity index (χ3v) is 8.14. The number of ether oxygens (including phenoxy) is 6. The van der Waals surface area contributed by atoms with Crippen molar-refractivity contribution in [3.05, 3.63) is 66.2 Å². The molecule has 2 N–H and O–H groups in total. The largest absolute Gasteiger partial charge is 0.456 e. The highest BCUT2D eigenvalue weighted by molar-refractivity contribution is 7.99. The van der Waals surface area contributed by atoms with Crippen molar-refractivity contribution in [3.8, 4) is 0 Å². The van der Waals surface area contributed by atoms with Crippen molar-refractivity contribution >= 4 is 29.7 Å². The summed E-state index contributed by atoms with van der Waals surface area (Å²) in [6, 6.07) is 16.9. The monoisotopic (exact) mass is 658 g/mol. The van der Waals surface area contributed by atoms with Crippen LogP contribution in [0.3, 0.4) is 0 Å². The minimum absolute atomic E-state index is 0.153. The summed E-state index contributed by atoms with van der Waals surface area (Å²) in [5.74, 6) is -1.12. The van der Waals surface area contributed by atoms with Gasteiger partial charge in [-0.25, -0.2) is 9.59 Å². The molecule has 1 unspecified atom stereocenters. The minimum atomic E-state index is -1.25. The van der Waals surface area contributed by atoms with Crippen molar-refractivity contribution in [2.45, 2.75) is 120 Å². The molecule has 0 radical (unpaired) electrons. The second-order valence-corrected chi connectivity index (χ2v) is 14.5. The Balaban J connectivity index is 1.69. The van der Waals surface area contributed by atoms with Gasteiger partial charge in [-0.1, -0.05) is 60.3 Å². The molecule has 2 aromatic carbocycles. The molecule has 2 aliphatic rings. The van der Waals surface area contributed by atoms with E-state index in [9.17, 15) is 14.4 Å². The Hall–Kier alpha value is -3.16. The number of hydrogen-bond acceptors (Lipinski definition) is 10. The van der Waals surface area contributed by atoms with Gasteiger partial charge in [-0.2, -0.15) is 0 Å². The van der Waals surface area contributed by atoms with E-state index in [2.05, 4.69) is 10.6 Å². The first kappa shape index (κ1) is 35.7. The zero-order valence-corrected chi connectivity index (χ0v) is 28.5.